The molecule has 1 saturated heterocycles. The van der Waals surface area contributed by atoms with E-state index < -0.39 is 0 Å². The van der Waals surface area contributed by atoms with Crippen molar-refractivity contribution in [3.05, 3.63) is 66.0 Å². The molecule has 0 atom stereocenters. The van der Waals surface area contributed by atoms with Gasteiger partial charge in [0.2, 0.25) is 5.91 Å². The normalized spacial score (nSPS) is 24.3. The van der Waals surface area contributed by atoms with Crippen LogP contribution < -0.4 is 9.64 Å². The minimum atomic E-state index is -0.231. The highest BCUT2D eigenvalue weighted by Crippen LogP contribution is 2.40. The zero-order valence-electron chi connectivity index (χ0n) is 29.4. The number of hydrogen-bond acceptors (Lipinski definition) is 6. The zero-order chi connectivity index (χ0) is 33.9. The SMILES string of the molecule is COCC1CN(C(=O)O[C@H]2CC[C@H](C(=O)N(C[C@H]3CC[C@H](c4ccc(OC)c(C)c4)CC3)c3cccc(-c4cnn(C5CC5)c4)c3)CC2)C1. The van der Waals surface area contributed by atoms with Gasteiger partial charge < -0.3 is 24.0 Å². The first-order valence-corrected chi connectivity index (χ1v) is 18.4. The van der Waals surface area contributed by atoms with Crippen molar-refractivity contribution in [2.45, 2.75) is 89.2 Å². The van der Waals surface area contributed by atoms with Gasteiger partial charge in [0.15, 0.2) is 0 Å². The largest absolute Gasteiger partial charge is 0.496 e. The Morgan fingerprint density at radius 1 is 0.878 bits per heavy atom. The van der Waals surface area contributed by atoms with E-state index in [1.54, 1.807) is 19.1 Å². The van der Waals surface area contributed by atoms with Crippen LogP contribution in [0.2, 0.25) is 0 Å². The van der Waals surface area contributed by atoms with Gasteiger partial charge in [-0.15, -0.1) is 0 Å². The average Bonchev–Trinajstić information content (AvgIpc) is 3.84. The van der Waals surface area contributed by atoms with Crippen LogP contribution in [-0.2, 0) is 14.3 Å². The lowest BCUT2D eigenvalue weighted by Crippen LogP contribution is -2.52. The van der Waals surface area contributed by atoms with Crippen LogP contribution in [0.25, 0.3) is 11.1 Å². The number of benzene rings is 2. The first-order valence-electron chi connectivity index (χ1n) is 18.4. The molecular formula is C40H52N4O5. The fraction of sp³-hybridized carbons (Fsp3) is 0.575. The minimum absolute atomic E-state index is 0.0788. The summed E-state index contributed by atoms with van der Waals surface area (Å²) in [5.74, 6) is 2.44. The van der Waals surface area contributed by atoms with Crippen LogP contribution in [0.1, 0.15) is 87.3 Å². The number of amides is 2. The number of aromatic nitrogens is 2. The second-order valence-electron chi connectivity index (χ2n) is 15.0. The summed E-state index contributed by atoms with van der Waals surface area (Å²) in [4.78, 5) is 31.0. The zero-order valence-corrected chi connectivity index (χ0v) is 29.4. The van der Waals surface area contributed by atoms with Crippen LogP contribution in [0.4, 0.5) is 10.5 Å². The predicted octanol–water partition coefficient (Wildman–Crippen LogP) is 7.78. The van der Waals surface area contributed by atoms with Crippen LogP contribution >= 0.6 is 0 Å². The highest BCUT2D eigenvalue weighted by Gasteiger charge is 2.36. The number of anilines is 1. The molecule has 262 valence electrons. The van der Waals surface area contributed by atoms with E-state index >= 15 is 0 Å². The summed E-state index contributed by atoms with van der Waals surface area (Å²) in [7, 11) is 3.42. The average molecular weight is 669 g/mol. The second-order valence-corrected chi connectivity index (χ2v) is 15.0. The molecule has 49 heavy (non-hydrogen) atoms. The second kappa shape index (κ2) is 15.0. The molecule has 0 bridgehead atoms. The molecule has 4 aliphatic rings. The van der Waals surface area contributed by atoms with Crippen LogP contribution in [0.15, 0.2) is 54.9 Å². The molecule has 0 unspecified atom stereocenters. The van der Waals surface area contributed by atoms with Gasteiger partial charge in [-0.3, -0.25) is 9.48 Å². The number of likely N-dealkylation sites (tertiary alicyclic amines) is 1. The standard InChI is InChI=1S/C40H52N4O5/c1-27-19-33(13-18-38(27)48-3)30-9-7-28(8-10-30)24-43(36-6-4-5-32(20-36)34-21-41-44(25-34)35-14-15-35)39(45)31-11-16-37(17-12-31)49-40(46)42-22-29(23-42)26-47-2/h4-6,13,18-21,25,28-31,35,37H,7-12,14-17,22-24,26H2,1-3H3/t28-,30-,31-,37-. The maximum atomic E-state index is 14.5. The molecule has 2 heterocycles. The van der Waals surface area contributed by atoms with Gasteiger partial charge in [-0.2, -0.15) is 5.10 Å². The maximum absolute atomic E-state index is 14.5. The molecule has 7 rings (SSSR count). The fourth-order valence-corrected chi connectivity index (χ4v) is 8.22. The maximum Gasteiger partial charge on any atom is 0.410 e. The van der Waals surface area contributed by atoms with Crippen LogP contribution in [0, 0.1) is 24.7 Å². The summed E-state index contributed by atoms with van der Waals surface area (Å²) in [6.45, 7) is 4.90. The number of methoxy groups -OCH3 is 2. The molecule has 3 saturated carbocycles. The molecule has 0 spiro atoms. The number of carbonyl (C=O) groups is 2. The Kier molecular flexibility index (Phi) is 10.3. The van der Waals surface area contributed by atoms with Crippen LogP contribution in [-0.4, -0.2) is 73.2 Å². The van der Waals surface area contributed by atoms with E-state index in [0.717, 1.165) is 80.5 Å². The Morgan fingerprint density at radius 3 is 2.35 bits per heavy atom. The van der Waals surface area contributed by atoms with Crippen molar-refractivity contribution in [2.75, 3.05) is 45.4 Å². The molecule has 2 aromatic carbocycles. The lowest BCUT2D eigenvalue weighted by atomic mass is 9.78. The van der Waals surface area contributed by atoms with Crippen molar-refractivity contribution in [1.29, 1.82) is 0 Å². The van der Waals surface area contributed by atoms with Crippen molar-refractivity contribution in [3.63, 3.8) is 0 Å². The number of carbonyl (C=O) groups excluding carboxylic acids is 2. The summed E-state index contributed by atoms with van der Waals surface area (Å²) in [5, 5.41) is 4.62. The van der Waals surface area contributed by atoms with Gasteiger partial charge >= 0.3 is 6.09 Å². The first kappa shape index (κ1) is 33.6. The molecule has 1 aromatic heterocycles. The summed E-state index contributed by atoms with van der Waals surface area (Å²) in [6, 6.07) is 15.6. The molecule has 3 aliphatic carbocycles. The van der Waals surface area contributed by atoms with E-state index in [-0.39, 0.29) is 24.0 Å². The summed E-state index contributed by atoms with van der Waals surface area (Å²) >= 11 is 0. The topological polar surface area (TPSA) is 86.1 Å². The Morgan fingerprint density at radius 2 is 1.65 bits per heavy atom. The molecule has 0 radical (unpaired) electrons. The third kappa shape index (κ3) is 7.82. The van der Waals surface area contributed by atoms with Gasteiger partial charge in [-0.25, -0.2) is 4.79 Å². The summed E-state index contributed by atoms with van der Waals surface area (Å²) in [5.41, 5.74) is 5.73. The lowest BCUT2D eigenvalue weighted by molar-refractivity contribution is -0.124. The molecule has 2 amide bonds. The Labute approximate surface area is 290 Å². The molecule has 9 nitrogen and oxygen atoms in total. The summed E-state index contributed by atoms with van der Waals surface area (Å²) in [6.07, 6.45) is 13.5. The van der Waals surface area contributed by atoms with E-state index in [4.69, 9.17) is 14.2 Å². The van der Waals surface area contributed by atoms with Gasteiger partial charge in [-0.1, -0.05) is 24.3 Å². The fourth-order valence-electron chi connectivity index (χ4n) is 8.22. The van der Waals surface area contributed by atoms with E-state index in [9.17, 15) is 9.59 Å². The van der Waals surface area contributed by atoms with Gasteiger partial charge in [-0.05, 0) is 118 Å². The van der Waals surface area contributed by atoms with Gasteiger partial charge in [0.25, 0.3) is 0 Å². The van der Waals surface area contributed by atoms with Crippen molar-refractivity contribution in [1.82, 2.24) is 14.7 Å². The van der Waals surface area contributed by atoms with Gasteiger partial charge in [0.1, 0.15) is 11.9 Å². The number of aryl methyl sites for hydroxylation is 1. The van der Waals surface area contributed by atoms with Crippen LogP contribution in [0.3, 0.4) is 0 Å². The van der Waals surface area contributed by atoms with E-state index in [0.29, 0.717) is 43.5 Å². The molecule has 0 N–H and O–H groups in total. The number of ether oxygens (including phenoxy) is 3. The van der Waals surface area contributed by atoms with Crippen molar-refractivity contribution in [3.8, 4) is 16.9 Å². The Balaban J connectivity index is 1.02. The molecule has 1 aliphatic heterocycles. The highest BCUT2D eigenvalue weighted by atomic mass is 16.6. The van der Waals surface area contributed by atoms with Crippen LogP contribution in [0.5, 0.6) is 5.75 Å². The van der Waals surface area contributed by atoms with Crippen molar-refractivity contribution < 1.29 is 23.8 Å². The minimum Gasteiger partial charge on any atom is -0.496 e. The highest BCUT2D eigenvalue weighted by molar-refractivity contribution is 5.95. The Hall–Kier alpha value is -3.85. The van der Waals surface area contributed by atoms with E-state index in [1.807, 2.05) is 6.20 Å². The van der Waals surface area contributed by atoms with E-state index in [1.165, 1.54) is 24.0 Å². The van der Waals surface area contributed by atoms with Gasteiger partial charge in [0.05, 0.1) is 26.0 Å². The third-order valence-electron chi connectivity index (χ3n) is 11.4. The van der Waals surface area contributed by atoms with Crippen molar-refractivity contribution in [2.24, 2.45) is 17.8 Å². The number of hydrogen-bond donors (Lipinski definition) is 0. The number of rotatable bonds is 11. The Bertz CT molecular complexity index is 1600. The first-order chi connectivity index (χ1) is 23.9. The third-order valence-corrected chi connectivity index (χ3v) is 11.4. The number of nitrogens with zero attached hydrogens (tertiary/aromatic N) is 4. The summed E-state index contributed by atoms with van der Waals surface area (Å²) < 4.78 is 18.7. The lowest BCUT2D eigenvalue weighted by Gasteiger charge is -2.39. The molecule has 9 heteroatoms. The van der Waals surface area contributed by atoms with E-state index in [2.05, 4.69) is 70.3 Å². The molecule has 4 fully saturated rings. The molecule has 3 aromatic rings. The van der Waals surface area contributed by atoms with Crippen molar-refractivity contribution >= 4 is 17.7 Å². The quantitative estimate of drug-likeness (QED) is 0.208. The van der Waals surface area contributed by atoms with Gasteiger partial charge in [0, 0.05) is 56.0 Å². The predicted molar refractivity (Wildman–Crippen MR) is 190 cm³/mol. The molecular weight excluding hydrogens is 616 g/mol. The monoisotopic (exact) mass is 668 g/mol. The smallest absolute Gasteiger partial charge is 0.410 e.